The van der Waals surface area contributed by atoms with Gasteiger partial charge in [-0.3, -0.25) is 4.79 Å². The van der Waals surface area contributed by atoms with Gasteiger partial charge in [0.1, 0.15) is 0 Å². The van der Waals surface area contributed by atoms with E-state index < -0.39 is 6.16 Å². The van der Waals surface area contributed by atoms with Crippen LogP contribution in [0.1, 0.15) is 18.9 Å². The maximum Gasteiger partial charge on any atom is 0.503 e. The molecule has 3 N–H and O–H groups in total. The zero-order valence-electron chi connectivity index (χ0n) is 13.9. The number of carboxylic acid groups (broad SMARTS) is 2. The number of nitrogens with one attached hydrogen (secondary N) is 1. The summed E-state index contributed by atoms with van der Waals surface area (Å²) in [6.07, 6.45) is 2.16. The third-order valence-electron chi connectivity index (χ3n) is 4.30. The van der Waals surface area contributed by atoms with Crippen LogP contribution in [0, 0.1) is 0 Å². The Morgan fingerprint density at radius 2 is 1.96 bits per heavy atom. The average Bonchev–Trinajstić information content (AvgIpc) is 2.56. The minimum Gasteiger partial charge on any atom is -0.450 e. The first-order chi connectivity index (χ1) is 11.5. The van der Waals surface area contributed by atoms with Crippen LogP contribution in [0.3, 0.4) is 0 Å². The third kappa shape index (κ3) is 5.20. The van der Waals surface area contributed by atoms with Crippen LogP contribution < -0.4 is 15.8 Å². The summed E-state index contributed by atoms with van der Waals surface area (Å²) in [6, 6.07) is 1.95. The predicted molar refractivity (Wildman–Crippen MR) is 90.0 cm³/mol. The van der Waals surface area contributed by atoms with Crippen LogP contribution in [0.15, 0.2) is 17.1 Å². The lowest BCUT2D eigenvalue weighted by Gasteiger charge is -2.34. The smallest absolute Gasteiger partial charge is 0.450 e. The lowest BCUT2D eigenvalue weighted by molar-refractivity contribution is 0.137. The number of hydrogen-bond donors (Lipinski definition) is 3. The molecule has 2 saturated heterocycles. The first kappa shape index (κ1) is 18.2. The normalized spacial score (nSPS) is 21.7. The number of nitrogens with zero attached hydrogens (tertiary/aromatic N) is 4. The topological polar surface area (TPSA) is 111 Å². The molecule has 0 saturated carbocycles. The van der Waals surface area contributed by atoms with E-state index in [1.54, 1.807) is 10.7 Å². The lowest BCUT2D eigenvalue weighted by atomic mass is 10.1. The molecule has 9 nitrogen and oxygen atoms in total. The molecule has 0 aliphatic carbocycles. The number of carbonyl (C=O) groups is 1. The summed E-state index contributed by atoms with van der Waals surface area (Å²) >= 11 is 0. The second kappa shape index (κ2) is 8.65. The van der Waals surface area contributed by atoms with Gasteiger partial charge in [0.05, 0.1) is 17.9 Å². The Morgan fingerprint density at radius 1 is 1.29 bits per heavy atom. The van der Waals surface area contributed by atoms with Gasteiger partial charge >= 0.3 is 6.16 Å². The van der Waals surface area contributed by atoms with Gasteiger partial charge in [0.25, 0.3) is 5.56 Å². The van der Waals surface area contributed by atoms with Crippen molar-refractivity contribution < 1.29 is 15.0 Å². The number of piperidine rings is 1. The summed E-state index contributed by atoms with van der Waals surface area (Å²) in [4.78, 5) is 25.4. The molecule has 24 heavy (non-hydrogen) atoms. The fourth-order valence-electron chi connectivity index (χ4n) is 2.96. The van der Waals surface area contributed by atoms with Crippen molar-refractivity contribution in [2.75, 3.05) is 51.2 Å². The zero-order chi connectivity index (χ0) is 17.5. The molecular weight excluding hydrogens is 314 g/mol. The van der Waals surface area contributed by atoms with Crippen molar-refractivity contribution in [2.24, 2.45) is 0 Å². The molecule has 2 fully saturated rings. The fraction of sp³-hybridized carbons (Fsp3) is 0.667. The van der Waals surface area contributed by atoms with Gasteiger partial charge in [-0.05, 0) is 26.4 Å². The van der Waals surface area contributed by atoms with Crippen molar-refractivity contribution in [3.8, 4) is 0 Å². The summed E-state index contributed by atoms with van der Waals surface area (Å²) in [6.45, 7) is 5.90. The summed E-state index contributed by atoms with van der Waals surface area (Å²) < 4.78 is 1.64. The highest BCUT2D eigenvalue weighted by atomic mass is 16.6. The maximum absolute atomic E-state index is 12.3. The van der Waals surface area contributed by atoms with Crippen molar-refractivity contribution in [2.45, 2.75) is 18.9 Å². The van der Waals surface area contributed by atoms with Crippen LogP contribution in [-0.2, 0) is 0 Å². The van der Waals surface area contributed by atoms with Crippen LogP contribution in [0.25, 0.3) is 0 Å². The Kier molecular flexibility index (Phi) is 6.56. The standard InChI is InChI=1S/C14H23N5O.CH2O3/c1-17-5-7-18(8-6-17)13-9-14(20)19(16-11-13)12-3-2-4-15-10-12;2-1(3)4/h9,11-12,15H,2-8,10H2,1H3;(H2,2,3,4). The fourth-order valence-corrected chi connectivity index (χ4v) is 2.96. The van der Waals surface area contributed by atoms with Crippen molar-refractivity contribution >= 4 is 11.8 Å². The van der Waals surface area contributed by atoms with Gasteiger partial charge in [-0.1, -0.05) is 0 Å². The largest absolute Gasteiger partial charge is 0.503 e. The van der Waals surface area contributed by atoms with E-state index in [0.29, 0.717) is 0 Å². The summed E-state index contributed by atoms with van der Waals surface area (Å²) in [5, 5.41) is 21.7. The van der Waals surface area contributed by atoms with Crippen LogP contribution in [0.5, 0.6) is 0 Å². The van der Waals surface area contributed by atoms with E-state index >= 15 is 0 Å². The molecule has 9 heteroatoms. The molecule has 1 atom stereocenters. The van der Waals surface area contributed by atoms with E-state index in [4.69, 9.17) is 15.0 Å². The van der Waals surface area contributed by atoms with Gasteiger partial charge in [0, 0.05) is 38.8 Å². The number of hydrogen-bond acceptors (Lipinski definition) is 6. The molecule has 2 aliphatic heterocycles. The SMILES string of the molecule is CN1CCN(c2cnn(C3CCCNC3)c(=O)c2)CC1.O=C(O)O. The number of anilines is 1. The highest BCUT2D eigenvalue weighted by Gasteiger charge is 2.19. The Balaban J connectivity index is 0.000000471. The molecule has 0 amide bonds. The quantitative estimate of drug-likeness (QED) is 0.698. The molecular formula is C15H25N5O4. The number of likely N-dealkylation sites (N-methyl/N-ethyl adjacent to an activating group) is 1. The van der Waals surface area contributed by atoms with E-state index in [1.807, 2.05) is 6.20 Å². The maximum atomic E-state index is 12.3. The van der Waals surface area contributed by atoms with Crippen LogP contribution in [-0.4, -0.2) is 77.4 Å². The Morgan fingerprint density at radius 3 is 2.50 bits per heavy atom. The van der Waals surface area contributed by atoms with Crippen molar-refractivity contribution in [3.05, 3.63) is 22.6 Å². The Hall–Kier alpha value is -2.13. The second-order valence-electron chi connectivity index (χ2n) is 6.07. The summed E-state index contributed by atoms with van der Waals surface area (Å²) in [7, 11) is 2.13. The zero-order valence-corrected chi connectivity index (χ0v) is 13.9. The molecule has 0 bridgehead atoms. The van der Waals surface area contributed by atoms with Crippen LogP contribution in [0.4, 0.5) is 10.5 Å². The molecule has 3 heterocycles. The van der Waals surface area contributed by atoms with Crippen LogP contribution in [0.2, 0.25) is 0 Å². The first-order valence-corrected chi connectivity index (χ1v) is 8.12. The van der Waals surface area contributed by atoms with E-state index in [9.17, 15) is 4.79 Å². The lowest BCUT2D eigenvalue weighted by Crippen LogP contribution is -2.45. The summed E-state index contributed by atoms with van der Waals surface area (Å²) in [5.74, 6) is 0. The van der Waals surface area contributed by atoms with Gasteiger partial charge in [-0.2, -0.15) is 5.10 Å². The first-order valence-electron chi connectivity index (χ1n) is 8.12. The van der Waals surface area contributed by atoms with Gasteiger partial charge in [-0.25, -0.2) is 9.48 Å². The number of piperazine rings is 1. The number of rotatable bonds is 2. The molecule has 1 unspecified atom stereocenters. The second-order valence-corrected chi connectivity index (χ2v) is 6.07. The summed E-state index contributed by atoms with van der Waals surface area (Å²) in [5.41, 5.74) is 0.984. The van der Waals surface area contributed by atoms with Crippen molar-refractivity contribution in [3.63, 3.8) is 0 Å². The molecule has 2 aliphatic rings. The van der Waals surface area contributed by atoms with Crippen molar-refractivity contribution in [1.82, 2.24) is 20.0 Å². The minimum atomic E-state index is -1.83. The van der Waals surface area contributed by atoms with Gasteiger partial charge in [0.2, 0.25) is 0 Å². The van der Waals surface area contributed by atoms with E-state index in [1.165, 1.54) is 0 Å². The molecule has 134 valence electrons. The highest BCUT2D eigenvalue weighted by molar-refractivity contribution is 5.53. The molecule has 0 aromatic carbocycles. The Bertz CT molecular complexity index is 588. The van der Waals surface area contributed by atoms with Crippen LogP contribution >= 0.6 is 0 Å². The third-order valence-corrected chi connectivity index (χ3v) is 4.30. The predicted octanol–water partition coefficient (Wildman–Crippen LogP) is 0.142. The van der Waals surface area contributed by atoms with E-state index in [-0.39, 0.29) is 11.6 Å². The van der Waals surface area contributed by atoms with Gasteiger partial charge < -0.3 is 25.3 Å². The van der Waals surface area contributed by atoms with Crippen molar-refractivity contribution in [1.29, 1.82) is 0 Å². The van der Waals surface area contributed by atoms with Gasteiger partial charge in [0.15, 0.2) is 0 Å². The minimum absolute atomic E-state index is 0.0233. The van der Waals surface area contributed by atoms with Gasteiger partial charge in [-0.15, -0.1) is 0 Å². The molecule has 3 rings (SSSR count). The molecule has 1 aromatic rings. The average molecular weight is 339 g/mol. The molecule has 1 aromatic heterocycles. The highest BCUT2D eigenvalue weighted by Crippen LogP contribution is 2.16. The number of aromatic nitrogens is 2. The molecule has 0 spiro atoms. The monoisotopic (exact) mass is 339 g/mol. The Labute approximate surface area is 140 Å². The van der Waals surface area contributed by atoms with E-state index in [2.05, 4.69) is 27.3 Å². The van der Waals surface area contributed by atoms with E-state index in [0.717, 1.165) is 57.8 Å². The molecule has 0 radical (unpaired) electrons.